The fourth-order valence-electron chi connectivity index (χ4n) is 2.84. The van der Waals surface area contributed by atoms with E-state index >= 15 is 0 Å². The van der Waals surface area contributed by atoms with Crippen molar-refractivity contribution in [2.75, 3.05) is 0 Å². The van der Waals surface area contributed by atoms with E-state index in [1.807, 2.05) is 6.07 Å². The van der Waals surface area contributed by atoms with E-state index < -0.39 is 5.97 Å². The summed E-state index contributed by atoms with van der Waals surface area (Å²) in [7, 11) is 0. The topological polar surface area (TPSA) is 111 Å². The van der Waals surface area contributed by atoms with Crippen LogP contribution < -0.4 is 4.74 Å². The molecule has 0 unspecified atom stereocenters. The monoisotopic (exact) mass is 349 g/mol. The maximum Gasteiger partial charge on any atom is 0.340 e. The van der Waals surface area contributed by atoms with Crippen LogP contribution in [0.5, 0.6) is 11.5 Å². The van der Waals surface area contributed by atoms with Gasteiger partial charge in [0, 0.05) is 28.9 Å². The van der Waals surface area contributed by atoms with Crippen LogP contribution in [0.1, 0.15) is 16.1 Å². The number of hydrogen-bond donors (Lipinski definition) is 4. The number of nitrogens with zero attached hydrogens (tertiary/aromatic N) is 1. The summed E-state index contributed by atoms with van der Waals surface area (Å²) >= 11 is 0. The van der Waals surface area contributed by atoms with Crippen LogP contribution in [-0.4, -0.2) is 31.1 Å². The molecule has 0 aliphatic carbocycles. The third-order valence-corrected chi connectivity index (χ3v) is 4.04. The number of aromatic amines is 2. The molecule has 0 aliphatic rings. The van der Waals surface area contributed by atoms with Crippen molar-refractivity contribution in [3.05, 3.63) is 66.1 Å². The first kappa shape index (κ1) is 15.9. The van der Waals surface area contributed by atoms with Crippen LogP contribution in [0.4, 0.5) is 0 Å². The molecule has 7 nitrogen and oxygen atoms in total. The Balaban J connectivity index is 1.72. The van der Waals surface area contributed by atoms with Gasteiger partial charge in [0.2, 0.25) is 0 Å². The number of nitrogens with one attached hydrogen (secondary N) is 2. The van der Waals surface area contributed by atoms with Crippen molar-refractivity contribution in [2.45, 2.75) is 6.61 Å². The van der Waals surface area contributed by atoms with Crippen LogP contribution in [-0.2, 0) is 6.61 Å². The smallest absolute Gasteiger partial charge is 0.340 e. The number of rotatable bonds is 5. The van der Waals surface area contributed by atoms with Crippen molar-refractivity contribution in [1.82, 2.24) is 15.0 Å². The van der Waals surface area contributed by atoms with E-state index in [0.29, 0.717) is 22.7 Å². The van der Waals surface area contributed by atoms with E-state index in [2.05, 4.69) is 15.0 Å². The second kappa shape index (κ2) is 6.38. The zero-order chi connectivity index (χ0) is 18.1. The largest absolute Gasteiger partial charge is 0.478 e. The summed E-state index contributed by atoms with van der Waals surface area (Å²) in [5.41, 5.74) is 2.14. The number of aliphatic hydroxyl groups excluding tert-OH is 1. The third-order valence-electron chi connectivity index (χ3n) is 4.04. The molecule has 0 bridgehead atoms. The lowest BCUT2D eigenvalue weighted by Crippen LogP contribution is -2.01. The van der Waals surface area contributed by atoms with Gasteiger partial charge < -0.3 is 24.9 Å². The van der Waals surface area contributed by atoms with E-state index in [9.17, 15) is 9.90 Å². The number of hydrogen-bond acceptors (Lipinski definition) is 4. The van der Waals surface area contributed by atoms with Gasteiger partial charge in [-0.25, -0.2) is 9.78 Å². The van der Waals surface area contributed by atoms with Gasteiger partial charge in [-0.1, -0.05) is 12.1 Å². The van der Waals surface area contributed by atoms with Gasteiger partial charge >= 0.3 is 5.97 Å². The zero-order valence-corrected chi connectivity index (χ0v) is 13.6. The first-order valence-corrected chi connectivity index (χ1v) is 7.92. The maximum absolute atomic E-state index is 11.7. The van der Waals surface area contributed by atoms with E-state index in [-0.39, 0.29) is 17.9 Å². The lowest BCUT2D eigenvalue weighted by Gasteiger charge is -2.10. The van der Waals surface area contributed by atoms with Crippen LogP contribution in [0.2, 0.25) is 0 Å². The predicted molar refractivity (Wildman–Crippen MR) is 95.3 cm³/mol. The number of aromatic nitrogens is 3. The normalized spacial score (nSPS) is 11.0. The number of imidazole rings is 1. The van der Waals surface area contributed by atoms with Gasteiger partial charge in [0.25, 0.3) is 0 Å². The number of fused-ring (bicyclic) bond motifs is 1. The molecule has 2 aromatic heterocycles. The average Bonchev–Trinajstić information content (AvgIpc) is 3.30. The summed E-state index contributed by atoms with van der Waals surface area (Å²) in [5, 5.41) is 19.3. The Morgan fingerprint density at radius 2 is 2.04 bits per heavy atom. The van der Waals surface area contributed by atoms with Crippen molar-refractivity contribution < 1.29 is 19.7 Å². The second-order valence-corrected chi connectivity index (χ2v) is 5.71. The number of aromatic carboxylic acids is 1. The molecule has 0 saturated heterocycles. The Bertz CT molecular complexity index is 1100. The van der Waals surface area contributed by atoms with Crippen molar-refractivity contribution in [3.8, 4) is 22.9 Å². The number of carbonyl (C=O) groups is 1. The van der Waals surface area contributed by atoms with Crippen LogP contribution in [0.15, 0.2) is 54.9 Å². The summed E-state index contributed by atoms with van der Waals surface area (Å²) in [6, 6.07) is 12.3. The fourth-order valence-corrected chi connectivity index (χ4v) is 2.84. The van der Waals surface area contributed by atoms with Crippen molar-refractivity contribution in [1.29, 1.82) is 0 Å². The van der Waals surface area contributed by atoms with E-state index in [1.54, 1.807) is 48.8 Å². The first-order chi connectivity index (χ1) is 12.7. The summed E-state index contributed by atoms with van der Waals surface area (Å²) in [6.45, 7) is -0.147. The van der Waals surface area contributed by atoms with Crippen LogP contribution in [0, 0.1) is 0 Å². The molecule has 0 aliphatic heterocycles. The molecule has 0 fully saturated rings. The summed E-state index contributed by atoms with van der Waals surface area (Å²) in [6.07, 6.45) is 3.32. The summed E-state index contributed by atoms with van der Waals surface area (Å²) in [4.78, 5) is 22.0. The molecule has 0 spiro atoms. The Kier molecular flexibility index (Phi) is 3.91. The van der Waals surface area contributed by atoms with Gasteiger partial charge in [0.05, 0.1) is 12.3 Å². The minimum absolute atomic E-state index is 0.106. The van der Waals surface area contributed by atoms with Crippen molar-refractivity contribution in [2.24, 2.45) is 0 Å². The van der Waals surface area contributed by atoms with Crippen molar-refractivity contribution >= 4 is 16.9 Å². The summed E-state index contributed by atoms with van der Waals surface area (Å²) < 4.78 is 5.86. The van der Waals surface area contributed by atoms with E-state index in [4.69, 9.17) is 9.84 Å². The lowest BCUT2D eigenvalue weighted by atomic mass is 10.1. The summed E-state index contributed by atoms with van der Waals surface area (Å²) in [5.74, 6) is 0.290. The molecule has 4 N–H and O–H groups in total. The second-order valence-electron chi connectivity index (χ2n) is 5.71. The highest BCUT2D eigenvalue weighted by Gasteiger charge is 2.17. The van der Waals surface area contributed by atoms with Gasteiger partial charge in [-0.2, -0.15) is 0 Å². The van der Waals surface area contributed by atoms with Crippen LogP contribution in [0.3, 0.4) is 0 Å². The molecule has 4 aromatic rings. The zero-order valence-electron chi connectivity index (χ0n) is 13.6. The molecule has 0 amide bonds. The van der Waals surface area contributed by atoms with E-state index in [0.717, 1.165) is 11.1 Å². The number of carboxylic acids is 1. The number of aliphatic hydroxyl groups is 1. The molecule has 130 valence electrons. The highest BCUT2D eigenvalue weighted by molar-refractivity contribution is 6.05. The Morgan fingerprint density at radius 3 is 2.81 bits per heavy atom. The standard InChI is InChI=1S/C19H15N3O4/c23-10-12-9-21-18(22-12)11-2-1-3-13(8-11)26-16-5-4-15-14(6-7-20-15)17(16)19(24)25/h1-9,20,23H,10H2,(H,21,22)(H,24,25). The quantitative estimate of drug-likeness (QED) is 0.440. The van der Waals surface area contributed by atoms with Gasteiger partial charge in [-0.3, -0.25) is 0 Å². The first-order valence-electron chi connectivity index (χ1n) is 7.92. The molecule has 0 atom stereocenters. The Morgan fingerprint density at radius 1 is 1.15 bits per heavy atom. The van der Waals surface area contributed by atoms with Crippen LogP contribution in [0.25, 0.3) is 22.3 Å². The molecular weight excluding hydrogens is 334 g/mol. The average molecular weight is 349 g/mol. The Hall–Kier alpha value is -3.58. The Labute approximate surface area is 147 Å². The lowest BCUT2D eigenvalue weighted by molar-refractivity contribution is 0.0696. The number of H-pyrrole nitrogens is 2. The molecule has 2 heterocycles. The third kappa shape index (κ3) is 2.80. The molecule has 26 heavy (non-hydrogen) atoms. The maximum atomic E-state index is 11.7. The minimum atomic E-state index is -1.06. The fraction of sp³-hybridized carbons (Fsp3) is 0.0526. The molecular formula is C19H15N3O4. The highest BCUT2D eigenvalue weighted by atomic mass is 16.5. The minimum Gasteiger partial charge on any atom is -0.478 e. The molecule has 4 rings (SSSR count). The van der Waals surface area contributed by atoms with E-state index in [1.165, 1.54) is 0 Å². The van der Waals surface area contributed by atoms with Crippen molar-refractivity contribution in [3.63, 3.8) is 0 Å². The number of ether oxygens (including phenoxy) is 1. The van der Waals surface area contributed by atoms with Gasteiger partial charge in [-0.05, 0) is 30.3 Å². The van der Waals surface area contributed by atoms with Gasteiger partial charge in [-0.15, -0.1) is 0 Å². The SMILES string of the molecule is O=C(O)c1c(Oc2cccc(-c3nc(CO)c[nH]3)c2)ccc2[nH]ccc12. The van der Waals surface area contributed by atoms with Gasteiger partial charge in [0.15, 0.2) is 0 Å². The number of carboxylic acid groups (broad SMARTS) is 1. The van der Waals surface area contributed by atoms with Gasteiger partial charge in [0.1, 0.15) is 22.9 Å². The molecule has 2 aromatic carbocycles. The van der Waals surface area contributed by atoms with Crippen LogP contribution >= 0.6 is 0 Å². The molecule has 0 saturated carbocycles. The predicted octanol–water partition coefficient (Wildman–Crippen LogP) is 3.54. The molecule has 7 heteroatoms. The number of benzene rings is 2. The highest BCUT2D eigenvalue weighted by Crippen LogP contribution is 2.32. The molecule has 0 radical (unpaired) electrons.